The molecular formula is C9H17NO4. The summed E-state index contributed by atoms with van der Waals surface area (Å²) in [7, 11) is 0. The Hall–Kier alpha value is -1.13. The lowest BCUT2D eigenvalue weighted by Crippen LogP contribution is -2.36. The second-order valence-corrected chi connectivity index (χ2v) is 3.59. The molecule has 0 N–H and O–H groups in total. The number of rotatable bonds is 6. The lowest BCUT2D eigenvalue weighted by atomic mass is 9.93. The number of esters is 1. The molecule has 0 aliphatic rings. The van der Waals surface area contributed by atoms with Gasteiger partial charge in [-0.15, -0.1) is 0 Å². The fourth-order valence-corrected chi connectivity index (χ4v) is 1.26. The largest absolute Gasteiger partial charge is 0.466 e. The van der Waals surface area contributed by atoms with E-state index in [1.54, 1.807) is 6.92 Å². The highest BCUT2D eigenvalue weighted by Gasteiger charge is 2.35. The molecule has 0 saturated carbocycles. The van der Waals surface area contributed by atoms with Crippen molar-refractivity contribution in [1.29, 1.82) is 0 Å². The lowest BCUT2D eigenvalue weighted by molar-refractivity contribution is -0.568. The first kappa shape index (κ1) is 12.9. The van der Waals surface area contributed by atoms with Crippen molar-refractivity contribution < 1.29 is 14.5 Å². The Morgan fingerprint density at radius 3 is 2.43 bits per heavy atom. The number of carbonyl (C=O) groups excluding carboxylic acids is 1. The van der Waals surface area contributed by atoms with Crippen LogP contribution in [0.5, 0.6) is 0 Å². The van der Waals surface area contributed by atoms with Gasteiger partial charge in [0.1, 0.15) is 0 Å². The van der Waals surface area contributed by atoms with Gasteiger partial charge in [-0.2, -0.15) is 0 Å². The zero-order valence-corrected chi connectivity index (χ0v) is 8.91. The van der Waals surface area contributed by atoms with Gasteiger partial charge in [-0.3, -0.25) is 14.9 Å². The first-order chi connectivity index (χ1) is 6.42. The molecule has 1 unspecified atom stereocenters. The number of hydrogen-bond acceptors (Lipinski definition) is 4. The topological polar surface area (TPSA) is 69.4 Å². The number of nitro groups is 1. The van der Waals surface area contributed by atoms with E-state index in [0.717, 1.165) is 6.42 Å². The second kappa shape index (κ2) is 5.57. The van der Waals surface area contributed by atoms with Crippen LogP contribution in [0.15, 0.2) is 0 Å². The minimum atomic E-state index is -0.968. The van der Waals surface area contributed by atoms with Crippen molar-refractivity contribution in [2.75, 3.05) is 6.61 Å². The van der Waals surface area contributed by atoms with E-state index in [1.165, 1.54) is 6.92 Å². The molecule has 0 fully saturated rings. The molecular weight excluding hydrogens is 186 g/mol. The summed E-state index contributed by atoms with van der Waals surface area (Å²) < 4.78 is 4.69. The zero-order valence-electron chi connectivity index (χ0n) is 8.91. The predicted octanol–water partition coefficient (Wildman–Crippen LogP) is 1.78. The third kappa shape index (κ3) is 4.20. The summed E-state index contributed by atoms with van der Waals surface area (Å²) >= 11 is 0. The fourth-order valence-electron chi connectivity index (χ4n) is 1.26. The molecule has 0 aliphatic heterocycles. The van der Waals surface area contributed by atoms with E-state index < -0.39 is 11.5 Å². The number of hydrogen-bond donors (Lipinski definition) is 0. The number of ether oxygens (including phenoxy) is 1. The monoisotopic (exact) mass is 203 g/mol. The van der Waals surface area contributed by atoms with Gasteiger partial charge in [-0.25, -0.2) is 0 Å². The molecule has 0 rings (SSSR count). The zero-order chi connectivity index (χ0) is 11.2. The Labute approximate surface area is 83.6 Å². The molecule has 0 saturated heterocycles. The fraction of sp³-hybridized carbons (Fsp3) is 0.889. The lowest BCUT2D eigenvalue weighted by Gasteiger charge is -2.19. The van der Waals surface area contributed by atoms with Gasteiger partial charge in [0.05, 0.1) is 13.0 Å². The van der Waals surface area contributed by atoms with Crippen molar-refractivity contribution in [1.82, 2.24) is 0 Å². The molecule has 0 radical (unpaired) electrons. The summed E-state index contributed by atoms with van der Waals surface area (Å²) in [6.07, 6.45) is 1.52. The Morgan fingerprint density at radius 2 is 2.07 bits per heavy atom. The Kier molecular flexibility index (Phi) is 5.12. The quantitative estimate of drug-likeness (QED) is 0.375. The first-order valence-corrected chi connectivity index (χ1v) is 4.70. The molecule has 5 nitrogen and oxygen atoms in total. The molecule has 0 aromatic carbocycles. The molecule has 0 amide bonds. The van der Waals surface area contributed by atoms with Crippen molar-refractivity contribution in [3.8, 4) is 0 Å². The van der Waals surface area contributed by atoms with E-state index in [-0.39, 0.29) is 18.0 Å². The maximum Gasteiger partial charge on any atom is 0.302 e. The summed E-state index contributed by atoms with van der Waals surface area (Å²) in [5.41, 5.74) is -0.968. The molecule has 0 heterocycles. The van der Waals surface area contributed by atoms with Crippen LogP contribution in [-0.2, 0) is 9.53 Å². The molecule has 0 aliphatic carbocycles. The Balaban J connectivity index is 4.09. The van der Waals surface area contributed by atoms with Crippen LogP contribution in [0.3, 0.4) is 0 Å². The Bertz CT molecular complexity index is 217. The standard InChI is InChI=1S/C9H17NO4/c1-4-5-9(3,10(12)13)6-7-14-8(2)11/h4-7H2,1-3H3. The van der Waals surface area contributed by atoms with Crippen LogP contribution in [0.4, 0.5) is 0 Å². The van der Waals surface area contributed by atoms with Crippen molar-refractivity contribution in [3.63, 3.8) is 0 Å². The minimum absolute atomic E-state index is 0.118. The van der Waals surface area contributed by atoms with E-state index in [1.807, 2.05) is 6.92 Å². The molecule has 0 bridgehead atoms. The minimum Gasteiger partial charge on any atom is -0.466 e. The molecule has 0 aromatic heterocycles. The van der Waals surface area contributed by atoms with Crippen molar-refractivity contribution in [3.05, 3.63) is 10.1 Å². The molecule has 14 heavy (non-hydrogen) atoms. The molecule has 0 spiro atoms. The summed E-state index contributed by atoms with van der Waals surface area (Å²) in [6, 6.07) is 0. The van der Waals surface area contributed by atoms with Crippen LogP contribution in [0, 0.1) is 10.1 Å². The molecule has 82 valence electrons. The van der Waals surface area contributed by atoms with Crippen LogP contribution in [0.2, 0.25) is 0 Å². The second-order valence-electron chi connectivity index (χ2n) is 3.59. The predicted molar refractivity (Wildman–Crippen MR) is 51.6 cm³/mol. The van der Waals surface area contributed by atoms with Gasteiger partial charge in [0, 0.05) is 25.2 Å². The van der Waals surface area contributed by atoms with Gasteiger partial charge in [-0.05, 0) is 6.42 Å². The number of carbonyl (C=O) groups is 1. The number of nitrogens with zero attached hydrogens (tertiary/aromatic N) is 1. The third-order valence-corrected chi connectivity index (χ3v) is 2.18. The van der Waals surface area contributed by atoms with Crippen LogP contribution in [-0.4, -0.2) is 23.0 Å². The van der Waals surface area contributed by atoms with Gasteiger partial charge in [0.25, 0.3) is 0 Å². The SMILES string of the molecule is CCCC(C)(CCOC(C)=O)[N+](=O)[O-]. The van der Waals surface area contributed by atoms with Gasteiger partial charge in [0.2, 0.25) is 5.54 Å². The highest BCUT2D eigenvalue weighted by atomic mass is 16.6. The summed E-state index contributed by atoms with van der Waals surface area (Å²) in [5, 5.41) is 10.8. The highest BCUT2D eigenvalue weighted by molar-refractivity contribution is 5.65. The van der Waals surface area contributed by atoms with Crippen molar-refractivity contribution >= 4 is 5.97 Å². The molecule has 5 heteroatoms. The average Bonchev–Trinajstić information content (AvgIpc) is 2.03. The first-order valence-electron chi connectivity index (χ1n) is 4.70. The summed E-state index contributed by atoms with van der Waals surface area (Å²) in [6.45, 7) is 4.89. The van der Waals surface area contributed by atoms with Gasteiger partial charge in [0.15, 0.2) is 0 Å². The maximum absolute atomic E-state index is 10.8. The molecule has 0 aromatic rings. The van der Waals surface area contributed by atoms with Crippen LogP contribution in [0.25, 0.3) is 0 Å². The summed E-state index contributed by atoms with van der Waals surface area (Å²) in [4.78, 5) is 20.9. The van der Waals surface area contributed by atoms with E-state index in [9.17, 15) is 14.9 Å². The van der Waals surface area contributed by atoms with Crippen LogP contribution < -0.4 is 0 Å². The van der Waals surface area contributed by atoms with Crippen molar-refractivity contribution in [2.24, 2.45) is 0 Å². The third-order valence-electron chi connectivity index (χ3n) is 2.18. The van der Waals surface area contributed by atoms with E-state index >= 15 is 0 Å². The van der Waals surface area contributed by atoms with E-state index in [4.69, 9.17) is 4.74 Å². The van der Waals surface area contributed by atoms with Gasteiger partial charge in [-0.1, -0.05) is 6.92 Å². The highest BCUT2D eigenvalue weighted by Crippen LogP contribution is 2.20. The van der Waals surface area contributed by atoms with Gasteiger partial charge < -0.3 is 4.74 Å². The normalized spacial score (nSPS) is 14.5. The average molecular weight is 203 g/mol. The van der Waals surface area contributed by atoms with Gasteiger partial charge >= 0.3 is 5.97 Å². The van der Waals surface area contributed by atoms with Crippen LogP contribution >= 0.6 is 0 Å². The van der Waals surface area contributed by atoms with Crippen molar-refractivity contribution in [2.45, 2.75) is 45.6 Å². The maximum atomic E-state index is 10.8. The van der Waals surface area contributed by atoms with E-state index in [0.29, 0.717) is 6.42 Å². The van der Waals surface area contributed by atoms with E-state index in [2.05, 4.69) is 0 Å². The summed E-state index contributed by atoms with van der Waals surface area (Å²) in [5.74, 6) is -0.396. The van der Waals surface area contributed by atoms with Crippen LogP contribution in [0.1, 0.15) is 40.0 Å². The smallest absolute Gasteiger partial charge is 0.302 e. The molecule has 1 atom stereocenters. The Morgan fingerprint density at radius 1 is 1.50 bits per heavy atom.